The van der Waals surface area contributed by atoms with Crippen LogP contribution in [-0.4, -0.2) is 5.91 Å². The van der Waals surface area contributed by atoms with Crippen LogP contribution in [0.1, 0.15) is 50.2 Å². The zero-order chi connectivity index (χ0) is 19.2. The molecule has 27 heavy (non-hydrogen) atoms. The fourth-order valence-corrected chi connectivity index (χ4v) is 3.95. The molecule has 140 valence electrons. The molecule has 0 atom stereocenters. The Kier molecular flexibility index (Phi) is 6.29. The smallest absolute Gasteiger partial charge is 0.220 e. The summed E-state index contributed by atoms with van der Waals surface area (Å²) in [5.41, 5.74) is 5.03. The van der Waals surface area contributed by atoms with Crippen LogP contribution in [0.2, 0.25) is 0 Å². The number of hydrogen-bond donors (Lipinski definition) is 1. The first-order valence-electron chi connectivity index (χ1n) is 9.88. The lowest BCUT2D eigenvalue weighted by Crippen LogP contribution is -2.26. The molecule has 1 saturated carbocycles. The van der Waals surface area contributed by atoms with Gasteiger partial charge < -0.3 is 5.32 Å². The van der Waals surface area contributed by atoms with Crippen LogP contribution in [0.15, 0.2) is 42.5 Å². The Labute approximate surface area is 162 Å². The molecule has 0 spiro atoms. The average Bonchev–Trinajstić information content (AvgIpc) is 2.68. The second-order valence-corrected chi connectivity index (χ2v) is 7.98. The highest BCUT2D eigenvalue weighted by molar-refractivity contribution is 5.76. The van der Waals surface area contributed by atoms with Gasteiger partial charge in [-0.25, -0.2) is 4.85 Å². The first kappa shape index (κ1) is 19.2. The van der Waals surface area contributed by atoms with Crippen LogP contribution in [-0.2, 0) is 11.3 Å². The van der Waals surface area contributed by atoms with Gasteiger partial charge in [-0.05, 0) is 60.4 Å². The van der Waals surface area contributed by atoms with Crippen molar-refractivity contribution >= 4 is 11.6 Å². The van der Waals surface area contributed by atoms with E-state index >= 15 is 0 Å². The zero-order valence-corrected chi connectivity index (χ0v) is 16.3. The fourth-order valence-electron chi connectivity index (χ4n) is 3.95. The third-order valence-electron chi connectivity index (χ3n) is 5.54. The predicted octanol–water partition coefficient (Wildman–Crippen LogP) is 6.05. The van der Waals surface area contributed by atoms with Gasteiger partial charge in [0, 0.05) is 13.0 Å². The largest absolute Gasteiger partial charge is 0.352 e. The summed E-state index contributed by atoms with van der Waals surface area (Å²) in [4.78, 5) is 15.9. The van der Waals surface area contributed by atoms with Crippen LogP contribution in [0.4, 0.5) is 5.69 Å². The summed E-state index contributed by atoms with van der Waals surface area (Å²) in [7, 11) is 0. The molecule has 1 amide bonds. The summed E-state index contributed by atoms with van der Waals surface area (Å²) in [5.74, 6) is 1.52. The average molecular weight is 361 g/mol. The summed E-state index contributed by atoms with van der Waals surface area (Å²) in [6.45, 7) is 12.1. The topological polar surface area (TPSA) is 33.5 Å². The van der Waals surface area contributed by atoms with Gasteiger partial charge in [0.05, 0.1) is 6.57 Å². The molecule has 2 aromatic carbocycles. The molecule has 3 nitrogen and oxygen atoms in total. The van der Waals surface area contributed by atoms with Crippen molar-refractivity contribution in [3.8, 4) is 11.1 Å². The second kappa shape index (κ2) is 8.86. The van der Waals surface area contributed by atoms with E-state index in [-0.39, 0.29) is 5.91 Å². The number of carbonyl (C=O) groups excluding carboxylic acids is 1. The van der Waals surface area contributed by atoms with Gasteiger partial charge in [0.15, 0.2) is 5.69 Å². The zero-order valence-electron chi connectivity index (χ0n) is 16.3. The number of benzene rings is 2. The lowest BCUT2D eigenvalue weighted by atomic mass is 9.81. The van der Waals surface area contributed by atoms with E-state index in [9.17, 15) is 4.79 Å². The first-order valence-corrected chi connectivity index (χ1v) is 9.88. The minimum absolute atomic E-state index is 0.160. The molecule has 1 fully saturated rings. The third-order valence-corrected chi connectivity index (χ3v) is 5.54. The molecule has 0 unspecified atom stereocenters. The maximum Gasteiger partial charge on any atom is 0.220 e. The highest BCUT2D eigenvalue weighted by Crippen LogP contribution is 2.30. The molecule has 0 radical (unpaired) electrons. The van der Waals surface area contributed by atoms with Gasteiger partial charge in [0.2, 0.25) is 5.91 Å². The van der Waals surface area contributed by atoms with Crippen LogP contribution in [0.25, 0.3) is 16.0 Å². The number of nitrogens with one attached hydrogen (secondary N) is 1. The number of amides is 1. The standard InChI is InChI=1S/C24H28N2O/c1-17-7-9-19(10-8-17)14-24(27)26-16-20-11-18(2)12-22(13-20)21-5-4-6-23(15-21)25-3/h4-6,11-13,15,17,19H,7-10,14,16H2,1-2H3,(H,26,27). The van der Waals surface area contributed by atoms with Crippen molar-refractivity contribution in [1.29, 1.82) is 0 Å². The molecule has 0 bridgehead atoms. The highest BCUT2D eigenvalue weighted by atomic mass is 16.1. The van der Waals surface area contributed by atoms with E-state index in [1.54, 1.807) is 0 Å². The van der Waals surface area contributed by atoms with Crippen LogP contribution in [0, 0.1) is 25.3 Å². The van der Waals surface area contributed by atoms with Crippen LogP contribution in [0.3, 0.4) is 0 Å². The molecule has 0 aromatic heterocycles. The molecular weight excluding hydrogens is 332 g/mol. The maximum atomic E-state index is 12.3. The van der Waals surface area contributed by atoms with Crippen molar-refractivity contribution in [2.24, 2.45) is 11.8 Å². The van der Waals surface area contributed by atoms with E-state index in [1.165, 1.54) is 25.7 Å². The molecule has 1 aliphatic carbocycles. The molecule has 0 aliphatic heterocycles. The third kappa shape index (κ3) is 5.44. The number of carbonyl (C=O) groups is 1. The Morgan fingerprint density at radius 3 is 2.63 bits per heavy atom. The normalized spacial score (nSPS) is 19.3. The van der Waals surface area contributed by atoms with Crippen molar-refractivity contribution in [2.45, 2.75) is 52.5 Å². The fraction of sp³-hybridized carbons (Fsp3) is 0.417. The first-order chi connectivity index (χ1) is 13.0. The Morgan fingerprint density at radius 2 is 1.89 bits per heavy atom. The van der Waals surface area contributed by atoms with Crippen molar-refractivity contribution in [3.05, 3.63) is 65.0 Å². The Bertz CT molecular complexity index is 842. The van der Waals surface area contributed by atoms with Crippen molar-refractivity contribution < 1.29 is 4.79 Å². The monoisotopic (exact) mass is 360 g/mol. The van der Waals surface area contributed by atoms with Gasteiger partial charge in [0.25, 0.3) is 0 Å². The Balaban J connectivity index is 1.62. The summed E-state index contributed by atoms with van der Waals surface area (Å²) < 4.78 is 0. The van der Waals surface area contributed by atoms with Gasteiger partial charge in [-0.2, -0.15) is 0 Å². The molecule has 1 aliphatic rings. The molecule has 0 saturated heterocycles. The Morgan fingerprint density at radius 1 is 1.11 bits per heavy atom. The van der Waals surface area contributed by atoms with Crippen LogP contribution in [0.5, 0.6) is 0 Å². The predicted molar refractivity (Wildman–Crippen MR) is 110 cm³/mol. The minimum atomic E-state index is 0.160. The highest BCUT2D eigenvalue weighted by Gasteiger charge is 2.20. The van der Waals surface area contributed by atoms with Gasteiger partial charge in [0.1, 0.15) is 0 Å². The lowest BCUT2D eigenvalue weighted by Gasteiger charge is -2.25. The SMILES string of the molecule is [C-]#[N+]c1cccc(-c2cc(C)cc(CNC(=O)CC3CCC(C)CC3)c2)c1. The molecule has 3 rings (SSSR count). The van der Waals surface area contributed by atoms with E-state index < -0.39 is 0 Å². The van der Waals surface area contributed by atoms with Gasteiger partial charge in [-0.1, -0.05) is 55.7 Å². The van der Waals surface area contributed by atoms with Crippen molar-refractivity contribution in [1.82, 2.24) is 5.32 Å². The molecular formula is C24H28N2O. The van der Waals surface area contributed by atoms with Gasteiger partial charge >= 0.3 is 0 Å². The van der Waals surface area contributed by atoms with E-state index in [2.05, 4.69) is 42.2 Å². The summed E-state index contributed by atoms with van der Waals surface area (Å²) in [6, 6.07) is 14.0. The van der Waals surface area contributed by atoms with E-state index in [0.717, 1.165) is 28.2 Å². The Hall–Kier alpha value is -2.60. The maximum absolute atomic E-state index is 12.3. The van der Waals surface area contributed by atoms with Crippen molar-refractivity contribution in [3.63, 3.8) is 0 Å². The minimum Gasteiger partial charge on any atom is -0.352 e. The molecule has 2 aromatic rings. The lowest BCUT2D eigenvalue weighted by molar-refractivity contribution is -0.122. The van der Waals surface area contributed by atoms with Gasteiger partial charge in [-0.3, -0.25) is 4.79 Å². The van der Waals surface area contributed by atoms with E-state index in [1.807, 2.05) is 24.3 Å². The van der Waals surface area contributed by atoms with Crippen LogP contribution < -0.4 is 5.32 Å². The molecule has 1 N–H and O–H groups in total. The van der Waals surface area contributed by atoms with Crippen molar-refractivity contribution in [2.75, 3.05) is 0 Å². The summed E-state index contributed by atoms with van der Waals surface area (Å²) in [5, 5.41) is 3.10. The quantitative estimate of drug-likeness (QED) is 0.647. The number of rotatable bonds is 5. The summed E-state index contributed by atoms with van der Waals surface area (Å²) >= 11 is 0. The number of nitrogens with zero attached hydrogens (tertiary/aromatic N) is 1. The molecule has 3 heteroatoms. The summed E-state index contributed by atoms with van der Waals surface area (Å²) in [6.07, 6.45) is 5.52. The number of aryl methyl sites for hydroxylation is 1. The van der Waals surface area contributed by atoms with Crippen LogP contribution >= 0.6 is 0 Å². The van der Waals surface area contributed by atoms with E-state index in [0.29, 0.717) is 24.6 Å². The second-order valence-electron chi connectivity index (χ2n) is 7.98. The van der Waals surface area contributed by atoms with Gasteiger partial charge in [-0.15, -0.1) is 0 Å². The molecule has 0 heterocycles. The number of hydrogen-bond acceptors (Lipinski definition) is 1. The van der Waals surface area contributed by atoms with E-state index in [4.69, 9.17) is 6.57 Å².